The van der Waals surface area contributed by atoms with E-state index >= 15 is 0 Å². The Hall–Kier alpha value is -1.25. The Morgan fingerprint density at radius 1 is 1.27 bits per heavy atom. The van der Waals surface area contributed by atoms with Crippen LogP contribution in [0.2, 0.25) is 0 Å². The first-order valence-electron chi connectivity index (χ1n) is 5.56. The molecule has 82 valence electrons. The van der Waals surface area contributed by atoms with Gasteiger partial charge in [-0.05, 0) is 30.9 Å². The molecule has 2 atom stereocenters. The van der Waals surface area contributed by atoms with Gasteiger partial charge in [0.15, 0.2) is 5.82 Å². The number of rotatable bonds is 1. The Bertz CT molecular complexity index is 352. The monoisotopic (exact) mass is 205 g/mol. The van der Waals surface area contributed by atoms with Crippen molar-refractivity contribution in [2.24, 2.45) is 11.8 Å². The molecule has 0 bridgehead atoms. The van der Waals surface area contributed by atoms with Gasteiger partial charge in [0.25, 0.3) is 0 Å². The van der Waals surface area contributed by atoms with Crippen LogP contribution < -0.4 is 10.6 Å². The van der Waals surface area contributed by atoms with Gasteiger partial charge in [0.2, 0.25) is 0 Å². The lowest BCUT2D eigenvalue weighted by atomic mass is 10.0. The molecule has 0 aromatic carbocycles. The molecule has 2 heterocycles. The summed E-state index contributed by atoms with van der Waals surface area (Å²) >= 11 is 0. The molecule has 0 aliphatic carbocycles. The van der Waals surface area contributed by atoms with Gasteiger partial charge in [0, 0.05) is 18.8 Å². The van der Waals surface area contributed by atoms with Crippen LogP contribution in [0.15, 0.2) is 12.1 Å². The fourth-order valence-electron chi connectivity index (χ4n) is 2.11. The SMILES string of the molecule is Cc1ccc(N)c(N2CC(C)C(C)C2)n1. The normalized spacial score (nSPS) is 25.9. The third-order valence-corrected chi connectivity index (χ3v) is 3.33. The van der Waals surface area contributed by atoms with Crippen molar-refractivity contribution in [3.05, 3.63) is 17.8 Å². The zero-order valence-corrected chi connectivity index (χ0v) is 9.70. The maximum absolute atomic E-state index is 5.96. The minimum absolute atomic E-state index is 0.728. The van der Waals surface area contributed by atoms with Crippen LogP contribution >= 0.6 is 0 Å². The van der Waals surface area contributed by atoms with Gasteiger partial charge in [0.05, 0.1) is 5.69 Å². The predicted molar refractivity (Wildman–Crippen MR) is 63.9 cm³/mol. The minimum atomic E-state index is 0.728. The number of aromatic nitrogens is 1. The summed E-state index contributed by atoms with van der Waals surface area (Å²) in [7, 11) is 0. The summed E-state index contributed by atoms with van der Waals surface area (Å²) in [5.41, 5.74) is 7.78. The highest BCUT2D eigenvalue weighted by Crippen LogP contribution is 2.29. The van der Waals surface area contributed by atoms with E-state index in [1.807, 2.05) is 19.1 Å². The summed E-state index contributed by atoms with van der Waals surface area (Å²) in [5, 5.41) is 0. The highest BCUT2D eigenvalue weighted by molar-refractivity contribution is 5.63. The maximum atomic E-state index is 5.96. The molecular formula is C12H19N3. The molecule has 15 heavy (non-hydrogen) atoms. The van der Waals surface area contributed by atoms with E-state index in [2.05, 4.69) is 23.7 Å². The predicted octanol–water partition coefficient (Wildman–Crippen LogP) is 2.06. The van der Waals surface area contributed by atoms with Crippen LogP contribution in [-0.4, -0.2) is 18.1 Å². The third kappa shape index (κ3) is 1.91. The van der Waals surface area contributed by atoms with Crippen LogP contribution in [0.25, 0.3) is 0 Å². The Balaban J connectivity index is 2.27. The molecule has 2 unspecified atom stereocenters. The fraction of sp³-hybridized carbons (Fsp3) is 0.583. The molecule has 3 heteroatoms. The van der Waals surface area contributed by atoms with Gasteiger partial charge in [-0.3, -0.25) is 0 Å². The number of hydrogen-bond donors (Lipinski definition) is 1. The molecule has 1 saturated heterocycles. The molecule has 0 radical (unpaired) electrons. The quantitative estimate of drug-likeness (QED) is 0.763. The van der Waals surface area contributed by atoms with Gasteiger partial charge in [0.1, 0.15) is 0 Å². The van der Waals surface area contributed by atoms with Crippen molar-refractivity contribution in [2.45, 2.75) is 20.8 Å². The largest absolute Gasteiger partial charge is 0.396 e. The molecule has 2 N–H and O–H groups in total. The number of anilines is 2. The second kappa shape index (κ2) is 3.72. The Kier molecular flexibility index (Phi) is 2.55. The van der Waals surface area contributed by atoms with E-state index in [0.717, 1.165) is 42.1 Å². The molecule has 0 amide bonds. The van der Waals surface area contributed by atoms with Crippen molar-refractivity contribution in [3.63, 3.8) is 0 Å². The number of nitrogens with two attached hydrogens (primary N) is 1. The first-order valence-corrected chi connectivity index (χ1v) is 5.56. The van der Waals surface area contributed by atoms with Crippen LogP contribution in [0.3, 0.4) is 0 Å². The second-order valence-corrected chi connectivity index (χ2v) is 4.73. The van der Waals surface area contributed by atoms with Crippen LogP contribution in [0.5, 0.6) is 0 Å². The summed E-state index contributed by atoms with van der Waals surface area (Å²) in [6.07, 6.45) is 0. The number of nitrogens with zero attached hydrogens (tertiary/aromatic N) is 2. The standard InChI is InChI=1S/C12H19N3/c1-8-6-15(7-9(8)2)12-11(13)5-4-10(3)14-12/h4-5,8-9H,6-7,13H2,1-3H3. The first kappa shape index (κ1) is 10.3. The van der Waals surface area contributed by atoms with Crippen molar-refractivity contribution >= 4 is 11.5 Å². The van der Waals surface area contributed by atoms with Gasteiger partial charge in [-0.1, -0.05) is 13.8 Å². The van der Waals surface area contributed by atoms with Gasteiger partial charge in [-0.15, -0.1) is 0 Å². The number of pyridine rings is 1. The van der Waals surface area contributed by atoms with E-state index in [0.29, 0.717) is 0 Å². The average Bonchev–Trinajstić information content (AvgIpc) is 2.51. The molecule has 0 saturated carbocycles. The second-order valence-electron chi connectivity index (χ2n) is 4.73. The van der Waals surface area contributed by atoms with E-state index in [9.17, 15) is 0 Å². The average molecular weight is 205 g/mol. The van der Waals surface area contributed by atoms with Crippen LogP contribution in [0, 0.1) is 18.8 Å². The zero-order valence-electron chi connectivity index (χ0n) is 9.70. The van der Waals surface area contributed by atoms with E-state index in [-0.39, 0.29) is 0 Å². The van der Waals surface area contributed by atoms with Crippen molar-refractivity contribution in [1.82, 2.24) is 4.98 Å². The minimum Gasteiger partial charge on any atom is -0.396 e. The molecule has 1 fully saturated rings. The molecular weight excluding hydrogens is 186 g/mol. The van der Waals surface area contributed by atoms with Gasteiger partial charge < -0.3 is 10.6 Å². The van der Waals surface area contributed by atoms with Crippen LogP contribution in [-0.2, 0) is 0 Å². The molecule has 3 nitrogen and oxygen atoms in total. The highest BCUT2D eigenvalue weighted by Gasteiger charge is 2.27. The lowest BCUT2D eigenvalue weighted by Crippen LogP contribution is -2.22. The van der Waals surface area contributed by atoms with Crippen LogP contribution in [0.4, 0.5) is 11.5 Å². The molecule has 1 aromatic rings. The van der Waals surface area contributed by atoms with Gasteiger partial charge in [-0.25, -0.2) is 4.98 Å². The van der Waals surface area contributed by atoms with Gasteiger partial charge >= 0.3 is 0 Å². The number of nitrogen functional groups attached to an aromatic ring is 1. The summed E-state index contributed by atoms with van der Waals surface area (Å²) in [6, 6.07) is 3.91. The van der Waals surface area contributed by atoms with E-state index in [1.165, 1.54) is 0 Å². The molecule has 1 aliphatic heterocycles. The van der Waals surface area contributed by atoms with Crippen molar-refractivity contribution < 1.29 is 0 Å². The summed E-state index contributed by atoms with van der Waals surface area (Å²) in [4.78, 5) is 6.83. The third-order valence-electron chi connectivity index (χ3n) is 3.33. The highest BCUT2D eigenvalue weighted by atomic mass is 15.2. The van der Waals surface area contributed by atoms with Crippen molar-refractivity contribution in [3.8, 4) is 0 Å². The van der Waals surface area contributed by atoms with E-state index < -0.39 is 0 Å². The molecule has 0 spiro atoms. The summed E-state index contributed by atoms with van der Waals surface area (Å²) in [5.74, 6) is 2.42. The Morgan fingerprint density at radius 3 is 2.47 bits per heavy atom. The summed E-state index contributed by atoms with van der Waals surface area (Å²) in [6.45, 7) is 8.73. The Labute approximate surface area is 91.3 Å². The fourth-order valence-corrected chi connectivity index (χ4v) is 2.11. The molecule has 2 rings (SSSR count). The van der Waals surface area contributed by atoms with Gasteiger partial charge in [-0.2, -0.15) is 0 Å². The molecule has 1 aromatic heterocycles. The summed E-state index contributed by atoms with van der Waals surface area (Å²) < 4.78 is 0. The smallest absolute Gasteiger partial charge is 0.152 e. The van der Waals surface area contributed by atoms with E-state index in [4.69, 9.17) is 5.73 Å². The Morgan fingerprint density at radius 2 is 1.87 bits per heavy atom. The van der Waals surface area contributed by atoms with Crippen molar-refractivity contribution in [1.29, 1.82) is 0 Å². The lowest BCUT2D eigenvalue weighted by molar-refractivity contribution is 0.494. The van der Waals surface area contributed by atoms with Crippen LogP contribution in [0.1, 0.15) is 19.5 Å². The first-order chi connectivity index (χ1) is 7.08. The number of aryl methyl sites for hydroxylation is 1. The van der Waals surface area contributed by atoms with E-state index in [1.54, 1.807) is 0 Å². The maximum Gasteiger partial charge on any atom is 0.152 e. The molecule has 1 aliphatic rings. The number of hydrogen-bond acceptors (Lipinski definition) is 3. The van der Waals surface area contributed by atoms with Crippen molar-refractivity contribution in [2.75, 3.05) is 23.7 Å². The zero-order chi connectivity index (χ0) is 11.0. The topological polar surface area (TPSA) is 42.1 Å². The lowest BCUT2D eigenvalue weighted by Gasteiger charge is -2.19.